The van der Waals surface area contributed by atoms with Gasteiger partial charge in [-0.15, -0.1) is 0 Å². The van der Waals surface area contributed by atoms with E-state index in [1.165, 1.54) is 6.42 Å². The van der Waals surface area contributed by atoms with E-state index in [1.54, 1.807) is 0 Å². The average Bonchev–Trinajstić information content (AvgIpc) is 2.19. The van der Waals surface area contributed by atoms with E-state index in [0.717, 1.165) is 32.5 Å². The van der Waals surface area contributed by atoms with Gasteiger partial charge in [0.15, 0.2) is 0 Å². The summed E-state index contributed by atoms with van der Waals surface area (Å²) in [4.78, 5) is 2.20. The standard InChI is InChI=1S/C13H30N2O/c1-12(2)14-9-6-8-13(3)16-11-7-10-15(4)5/h12-14H,6-11H2,1-5H3. The van der Waals surface area contributed by atoms with E-state index < -0.39 is 0 Å². The molecule has 0 bridgehead atoms. The number of nitrogens with zero attached hydrogens (tertiary/aromatic N) is 1. The molecule has 1 atom stereocenters. The Kier molecular flexibility index (Phi) is 9.99. The van der Waals surface area contributed by atoms with Gasteiger partial charge in [-0.3, -0.25) is 0 Å². The number of hydrogen-bond donors (Lipinski definition) is 1. The second-order valence-corrected chi connectivity index (χ2v) is 5.09. The molecule has 3 nitrogen and oxygen atoms in total. The maximum atomic E-state index is 5.74. The van der Waals surface area contributed by atoms with Crippen LogP contribution in [0.4, 0.5) is 0 Å². The summed E-state index contributed by atoms with van der Waals surface area (Å²) in [6.45, 7) is 9.63. The number of rotatable bonds is 10. The van der Waals surface area contributed by atoms with Gasteiger partial charge in [0.2, 0.25) is 0 Å². The average molecular weight is 230 g/mol. The molecular formula is C13H30N2O. The number of nitrogens with one attached hydrogen (secondary N) is 1. The van der Waals surface area contributed by atoms with Crippen molar-refractivity contribution < 1.29 is 4.74 Å². The van der Waals surface area contributed by atoms with E-state index >= 15 is 0 Å². The summed E-state index contributed by atoms with van der Waals surface area (Å²) in [6.07, 6.45) is 3.88. The molecule has 0 aromatic heterocycles. The highest BCUT2D eigenvalue weighted by Gasteiger charge is 2.02. The molecule has 0 heterocycles. The van der Waals surface area contributed by atoms with Gasteiger partial charge in [-0.05, 0) is 53.4 Å². The van der Waals surface area contributed by atoms with Gasteiger partial charge in [-0.2, -0.15) is 0 Å². The summed E-state index contributed by atoms with van der Waals surface area (Å²) in [6, 6.07) is 0.594. The Hall–Kier alpha value is -0.120. The molecule has 0 aromatic carbocycles. The molecule has 0 rings (SSSR count). The van der Waals surface area contributed by atoms with Crippen molar-refractivity contribution in [3.8, 4) is 0 Å². The molecule has 0 radical (unpaired) electrons. The zero-order valence-corrected chi connectivity index (χ0v) is 11.8. The SMILES string of the molecule is CC(C)NCCCC(C)OCCCN(C)C. The second-order valence-electron chi connectivity index (χ2n) is 5.09. The van der Waals surface area contributed by atoms with Gasteiger partial charge in [0.1, 0.15) is 0 Å². The third-order valence-corrected chi connectivity index (χ3v) is 2.49. The maximum Gasteiger partial charge on any atom is 0.0547 e. The summed E-state index contributed by atoms with van der Waals surface area (Å²) >= 11 is 0. The fourth-order valence-corrected chi connectivity index (χ4v) is 1.53. The van der Waals surface area contributed by atoms with Crippen LogP contribution in [0.25, 0.3) is 0 Å². The summed E-state index contributed by atoms with van der Waals surface area (Å²) < 4.78 is 5.74. The Morgan fingerprint density at radius 3 is 2.38 bits per heavy atom. The van der Waals surface area contributed by atoms with Gasteiger partial charge in [-0.25, -0.2) is 0 Å². The van der Waals surface area contributed by atoms with Crippen molar-refractivity contribution in [2.75, 3.05) is 33.8 Å². The highest BCUT2D eigenvalue weighted by atomic mass is 16.5. The van der Waals surface area contributed by atoms with Gasteiger partial charge < -0.3 is 15.0 Å². The minimum absolute atomic E-state index is 0.399. The molecule has 1 unspecified atom stereocenters. The molecular weight excluding hydrogens is 200 g/mol. The van der Waals surface area contributed by atoms with Crippen LogP contribution < -0.4 is 5.32 Å². The van der Waals surface area contributed by atoms with Crippen molar-refractivity contribution in [1.82, 2.24) is 10.2 Å². The molecule has 1 N–H and O–H groups in total. The normalized spacial score (nSPS) is 13.7. The lowest BCUT2D eigenvalue weighted by molar-refractivity contribution is 0.0542. The highest BCUT2D eigenvalue weighted by molar-refractivity contribution is 4.56. The lowest BCUT2D eigenvalue weighted by atomic mass is 10.2. The first-order chi connectivity index (χ1) is 7.52. The summed E-state index contributed by atoms with van der Waals surface area (Å²) in [5.41, 5.74) is 0. The van der Waals surface area contributed by atoms with E-state index in [4.69, 9.17) is 4.74 Å². The molecule has 0 fully saturated rings. The van der Waals surface area contributed by atoms with Gasteiger partial charge in [0.05, 0.1) is 6.10 Å². The Labute approximate surface area is 102 Å². The summed E-state index contributed by atoms with van der Waals surface area (Å²) in [5, 5.41) is 3.42. The first-order valence-corrected chi connectivity index (χ1v) is 6.52. The van der Waals surface area contributed by atoms with Crippen molar-refractivity contribution in [2.45, 2.75) is 52.2 Å². The first-order valence-electron chi connectivity index (χ1n) is 6.52. The van der Waals surface area contributed by atoms with Crippen LogP contribution in [-0.2, 0) is 4.74 Å². The first kappa shape index (κ1) is 15.9. The van der Waals surface area contributed by atoms with Gasteiger partial charge >= 0.3 is 0 Å². The molecule has 0 aliphatic rings. The summed E-state index contributed by atoms with van der Waals surface area (Å²) in [5.74, 6) is 0. The van der Waals surface area contributed by atoms with Gasteiger partial charge in [-0.1, -0.05) is 13.8 Å². The van der Waals surface area contributed by atoms with Crippen LogP contribution in [0, 0.1) is 0 Å². The Balaban J connectivity index is 3.21. The lowest BCUT2D eigenvalue weighted by Crippen LogP contribution is -2.24. The quantitative estimate of drug-likeness (QED) is 0.582. The molecule has 98 valence electrons. The molecule has 0 amide bonds. The fraction of sp³-hybridized carbons (Fsp3) is 1.00. The lowest BCUT2D eigenvalue weighted by Gasteiger charge is -2.15. The van der Waals surface area contributed by atoms with Crippen molar-refractivity contribution in [1.29, 1.82) is 0 Å². The predicted octanol–water partition coefficient (Wildman–Crippen LogP) is 2.12. The Morgan fingerprint density at radius 1 is 1.12 bits per heavy atom. The zero-order chi connectivity index (χ0) is 12.4. The van der Waals surface area contributed by atoms with Crippen LogP contribution >= 0.6 is 0 Å². The van der Waals surface area contributed by atoms with Crippen LogP contribution in [0.1, 0.15) is 40.0 Å². The second kappa shape index (κ2) is 10.1. The molecule has 16 heavy (non-hydrogen) atoms. The van der Waals surface area contributed by atoms with E-state index in [2.05, 4.69) is 45.1 Å². The van der Waals surface area contributed by atoms with Crippen molar-refractivity contribution in [2.24, 2.45) is 0 Å². The smallest absolute Gasteiger partial charge is 0.0547 e. The van der Waals surface area contributed by atoms with Gasteiger partial charge in [0, 0.05) is 12.6 Å². The van der Waals surface area contributed by atoms with Crippen LogP contribution in [0.5, 0.6) is 0 Å². The molecule has 0 aliphatic heterocycles. The highest BCUT2D eigenvalue weighted by Crippen LogP contribution is 2.01. The third-order valence-electron chi connectivity index (χ3n) is 2.49. The van der Waals surface area contributed by atoms with Crippen molar-refractivity contribution in [3.05, 3.63) is 0 Å². The van der Waals surface area contributed by atoms with E-state index in [9.17, 15) is 0 Å². The van der Waals surface area contributed by atoms with E-state index in [-0.39, 0.29) is 0 Å². The fourth-order valence-electron chi connectivity index (χ4n) is 1.53. The molecule has 0 aromatic rings. The van der Waals surface area contributed by atoms with Crippen LogP contribution in [0.3, 0.4) is 0 Å². The molecule has 0 aliphatic carbocycles. The minimum atomic E-state index is 0.399. The van der Waals surface area contributed by atoms with Crippen molar-refractivity contribution >= 4 is 0 Å². The van der Waals surface area contributed by atoms with E-state index in [0.29, 0.717) is 12.1 Å². The summed E-state index contributed by atoms with van der Waals surface area (Å²) in [7, 11) is 4.20. The van der Waals surface area contributed by atoms with E-state index in [1.807, 2.05) is 0 Å². The van der Waals surface area contributed by atoms with Crippen molar-refractivity contribution in [3.63, 3.8) is 0 Å². The predicted molar refractivity (Wildman–Crippen MR) is 71.0 cm³/mol. The molecule has 0 spiro atoms. The monoisotopic (exact) mass is 230 g/mol. The van der Waals surface area contributed by atoms with Crippen LogP contribution in [0.2, 0.25) is 0 Å². The molecule has 0 saturated carbocycles. The maximum absolute atomic E-state index is 5.74. The Bertz CT molecular complexity index is 133. The minimum Gasteiger partial charge on any atom is -0.378 e. The van der Waals surface area contributed by atoms with Crippen LogP contribution in [0.15, 0.2) is 0 Å². The Morgan fingerprint density at radius 2 is 1.81 bits per heavy atom. The topological polar surface area (TPSA) is 24.5 Å². The van der Waals surface area contributed by atoms with Crippen LogP contribution in [-0.4, -0.2) is 50.8 Å². The number of hydrogen-bond acceptors (Lipinski definition) is 3. The zero-order valence-electron chi connectivity index (χ0n) is 11.8. The van der Waals surface area contributed by atoms with Gasteiger partial charge in [0.25, 0.3) is 0 Å². The third kappa shape index (κ3) is 12.0. The molecule has 3 heteroatoms. The largest absolute Gasteiger partial charge is 0.378 e. The number of ether oxygens (including phenoxy) is 1. The molecule has 0 saturated heterocycles.